The largest absolute Gasteiger partial charge is 0.269 e. The smallest absolute Gasteiger partial charge is 0.258 e. The van der Waals surface area contributed by atoms with Gasteiger partial charge in [0, 0.05) is 100 Å². The Hall–Kier alpha value is -15.5. The van der Waals surface area contributed by atoms with Crippen LogP contribution in [0.5, 0.6) is 0 Å². The van der Waals surface area contributed by atoms with Crippen LogP contribution in [-0.4, -0.2) is 28.1 Å². The third kappa shape index (κ3) is 16.1. The Kier molecular flexibility index (Phi) is 24.2. The van der Waals surface area contributed by atoms with Crippen molar-refractivity contribution >= 4 is 182 Å². The molecule has 2 heterocycles. The fourth-order valence-electron chi connectivity index (χ4n) is 22.3. The molecule has 0 saturated carbocycles. The highest BCUT2D eigenvalue weighted by Gasteiger charge is 2.37. The number of hydrogen-bond acceptors (Lipinski definition) is 12. The van der Waals surface area contributed by atoms with E-state index in [1.54, 1.807) is 71.2 Å². The van der Waals surface area contributed by atoms with Gasteiger partial charge in [-0.2, -0.15) is 0 Å². The van der Waals surface area contributed by atoms with Gasteiger partial charge in [0.25, 0.3) is 22.7 Å². The van der Waals surface area contributed by atoms with Crippen molar-refractivity contribution in [3.63, 3.8) is 0 Å². The number of non-ortho nitro benzene ring substituents is 4. The molecule has 0 aliphatic carbocycles. The SMILES string of the molecule is CCCCCc1ccc2c(-c3ccc([N+](=O)[O-])cc3)c3ccccc3c(-c3ccc4c(c3)sc3ccc(-c5c6ccccc6c(-c6ccc([N+](=O)[O-])cc6)c6ccc(CCCCC)cc56)c(S(=O)(=O)c5c(-c6c7ccccc7c(-c7ccc([N+](=O)[O-])cc7)c7ccc(CCCCC)cc67)ccc6sc7cc(-c8c9ccccc9c(-c9ccc([N+](=O)[O-])cc9)c9ccc(CCCCC)cc89)ccc7c56)c34)c2c1. The molecule has 0 amide bonds. The summed E-state index contributed by atoms with van der Waals surface area (Å²) in [7, 11) is -5.09. The van der Waals surface area contributed by atoms with Crippen molar-refractivity contribution in [3.05, 3.63) is 390 Å². The number of nitro benzene ring substituents is 4. The molecule has 0 N–H and O–H groups in total. The van der Waals surface area contributed by atoms with Gasteiger partial charge in [-0.05, 0) is 310 Å². The third-order valence-electron chi connectivity index (χ3n) is 28.9. The second kappa shape index (κ2) is 37.7. The lowest BCUT2D eigenvalue weighted by Gasteiger charge is -2.23. The molecule has 692 valence electrons. The molecule has 0 atom stereocenters. The van der Waals surface area contributed by atoms with E-state index in [0.717, 1.165) is 296 Å². The van der Waals surface area contributed by atoms with Crippen LogP contribution in [-0.2, 0) is 35.5 Å². The molecule has 2 aromatic heterocycles. The molecule has 20 aromatic carbocycles. The first-order chi connectivity index (χ1) is 68.9. The van der Waals surface area contributed by atoms with Gasteiger partial charge in [0.2, 0.25) is 9.84 Å². The van der Waals surface area contributed by atoms with Crippen molar-refractivity contribution in [3.8, 4) is 89.0 Å². The minimum Gasteiger partial charge on any atom is -0.258 e. The summed E-state index contributed by atoms with van der Waals surface area (Å²) in [4.78, 5) is 48.4. The zero-order valence-corrected chi connectivity index (χ0v) is 81.0. The van der Waals surface area contributed by atoms with Crippen molar-refractivity contribution in [1.82, 2.24) is 0 Å². The lowest BCUT2D eigenvalue weighted by Crippen LogP contribution is -2.08. The van der Waals surface area contributed by atoms with Crippen LogP contribution in [0.2, 0.25) is 0 Å². The number of benzene rings is 20. The molecule has 141 heavy (non-hydrogen) atoms. The summed E-state index contributed by atoms with van der Waals surface area (Å²) < 4.78 is 42.7. The molecule has 0 spiro atoms. The van der Waals surface area contributed by atoms with E-state index in [1.807, 2.05) is 84.9 Å². The van der Waals surface area contributed by atoms with Gasteiger partial charge in [-0.15, -0.1) is 22.7 Å². The average Bonchev–Trinajstić information content (AvgIpc) is 1.64. The Bertz CT molecular complexity index is 8540. The first-order valence-electron chi connectivity index (χ1n) is 49.0. The number of sulfone groups is 1. The zero-order valence-electron chi connectivity index (χ0n) is 78.6. The maximum Gasteiger partial charge on any atom is 0.269 e. The predicted molar refractivity (Wildman–Crippen MR) is 587 cm³/mol. The van der Waals surface area contributed by atoms with Gasteiger partial charge in [0.15, 0.2) is 0 Å². The Morgan fingerprint density at radius 3 is 0.688 bits per heavy atom. The predicted octanol–water partition coefficient (Wildman–Crippen LogP) is 36.4. The fraction of sp³-hybridized carbons (Fsp3) is 0.161. The standard InChI is InChI=1S/C124H98N4O10S3/c1-5-9-13-25-75-37-59-97-105(69-75)117(91-31-19-17-29-89(91)113(97)79-41-51-85(52-42-79)125(129)130)83-49-63-101-111(73-83)139-109-67-65-103(119-95-35-23-21-33-93(95)115(81-45-55-87(56-46-81)127(133)134)99-61-39-77(71-107(99)119)27-15-11-7-3)123(121(101)109)141(137,138)124-104(120-96-36-24-22-34-94(96)116(82-47-57-88(58-48-82)128(135)136)100-62-40-78(72-108(100)120)28-16-12-8-4)66-68-110-122(124)102-64-50-84(74-112(102)140-110)118-92-32-20-18-30-90(92)114(80-43-53-86(54-44-80)126(131)132)98-60-38-76(70-106(98)118)26-14-10-6-2/h17-24,29-74H,5-16,25-28H2,1-4H3. The Morgan fingerprint density at radius 1 is 0.220 bits per heavy atom. The molecule has 0 fully saturated rings. The number of rotatable bonds is 30. The van der Waals surface area contributed by atoms with Crippen molar-refractivity contribution in [1.29, 1.82) is 0 Å². The lowest BCUT2D eigenvalue weighted by atomic mass is 9.84. The number of thiophene rings is 2. The molecule has 0 bridgehead atoms. The molecule has 0 aliphatic rings. The second-order valence-electron chi connectivity index (χ2n) is 37.5. The number of fused-ring (bicyclic) bond motifs is 14. The summed E-state index contributed by atoms with van der Waals surface area (Å²) in [5.74, 6) is 0. The fourth-order valence-corrected chi connectivity index (χ4v) is 26.9. The van der Waals surface area contributed by atoms with Crippen molar-refractivity contribution < 1.29 is 28.1 Å². The van der Waals surface area contributed by atoms with Gasteiger partial charge >= 0.3 is 0 Å². The van der Waals surface area contributed by atoms with E-state index < -0.39 is 9.84 Å². The van der Waals surface area contributed by atoms with Crippen LogP contribution < -0.4 is 0 Å². The molecule has 22 aromatic rings. The molecule has 17 heteroatoms. The first-order valence-corrected chi connectivity index (χ1v) is 52.1. The maximum atomic E-state index is 19.8. The van der Waals surface area contributed by atoms with E-state index in [9.17, 15) is 40.5 Å². The minimum absolute atomic E-state index is 0.000494. The minimum atomic E-state index is -5.09. The third-order valence-corrected chi connectivity index (χ3v) is 33.1. The zero-order chi connectivity index (χ0) is 96.6. The van der Waals surface area contributed by atoms with Crippen LogP contribution in [0, 0.1) is 40.5 Å². The Balaban J connectivity index is 0.880. The normalized spacial score (nSPS) is 12.0. The number of hydrogen-bond donors (Lipinski definition) is 0. The summed E-state index contributed by atoms with van der Waals surface area (Å²) in [6.45, 7) is 8.82. The molecule has 0 unspecified atom stereocenters. The summed E-state index contributed by atoms with van der Waals surface area (Å²) in [5.41, 5.74) is 17.5. The topological polar surface area (TPSA) is 207 Å². The van der Waals surface area contributed by atoms with Gasteiger partial charge in [-0.25, -0.2) is 8.42 Å². The van der Waals surface area contributed by atoms with E-state index in [2.05, 4.69) is 222 Å². The number of aryl methyl sites for hydroxylation is 4. The van der Waals surface area contributed by atoms with Gasteiger partial charge in [-0.3, -0.25) is 40.5 Å². The van der Waals surface area contributed by atoms with Crippen molar-refractivity contribution in [2.75, 3.05) is 0 Å². The van der Waals surface area contributed by atoms with E-state index >= 15 is 8.42 Å². The van der Waals surface area contributed by atoms with E-state index in [0.29, 0.717) is 33.0 Å². The number of unbranched alkanes of at least 4 members (excludes halogenated alkanes) is 8. The van der Waals surface area contributed by atoms with Gasteiger partial charge in [0.05, 0.1) is 29.5 Å². The second-order valence-corrected chi connectivity index (χ2v) is 41.5. The molecular formula is C124H98N4O10S3. The van der Waals surface area contributed by atoms with Gasteiger partial charge in [0.1, 0.15) is 0 Å². The number of nitro groups is 4. The highest BCUT2D eigenvalue weighted by molar-refractivity contribution is 7.92. The summed E-state index contributed by atoms with van der Waals surface area (Å²) in [5, 5.41) is 66.6. The summed E-state index contributed by atoms with van der Waals surface area (Å²) in [6.07, 6.45) is 15.3. The quantitative estimate of drug-likeness (QED) is 0.0180. The Morgan fingerprint density at radius 2 is 0.440 bits per heavy atom. The van der Waals surface area contributed by atoms with E-state index in [1.165, 1.54) is 11.1 Å². The Labute approximate surface area is 823 Å². The van der Waals surface area contributed by atoms with Gasteiger partial charge < -0.3 is 0 Å². The number of nitrogens with zero attached hydrogens (tertiary/aromatic N) is 4. The van der Waals surface area contributed by atoms with Crippen LogP contribution in [0.15, 0.2) is 337 Å². The molecule has 0 aliphatic heterocycles. The highest BCUT2D eigenvalue weighted by Crippen LogP contribution is 2.58. The van der Waals surface area contributed by atoms with Crippen LogP contribution in [0.25, 0.3) is 216 Å². The summed E-state index contributed by atoms with van der Waals surface area (Å²) >= 11 is 3.12. The van der Waals surface area contributed by atoms with Gasteiger partial charge in [-0.1, -0.05) is 285 Å². The average molecular weight is 1900 g/mol. The van der Waals surface area contributed by atoms with Crippen LogP contribution in [0.3, 0.4) is 0 Å². The lowest BCUT2D eigenvalue weighted by molar-refractivity contribution is -0.385. The van der Waals surface area contributed by atoms with E-state index in [-0.39, 0.29) is 52.2 Å². The van der Waals surface area contributed by atoms with Crippen LogP contribution in [0.1, 0.15) is 127 Å². The monoisotopic (exact) mass is 1900 g/mol. The van der Waals surface area contributed by atoms with Crippen LogP contribution >= 0.6 is 22.7 Å². The molecule has 14 nitrogen and oxygen atoms in total. The highest BCUT2D eigenvalue weighted by atomic mass is 32.2. The van der Waals surface area contributed by atoms with Crippen molar-refractivity contribution in [2.45, 2.75) is 140 Å². The molecular weight excluding hydrogens is 1800 g/mol. The van der Waals surface area contributed by atoms with Crippen molar-refractivity contribution in [2.24, 2.45) is 0 Å². The van der Waals surface area contributed by atoms with E-state index in [4.69, 9.17) is 0 Å². The molecule has 0 radical (unpaired) electrons. The first kappa shape index (κ1) is 90.6. The molecule has 0 saturated heterocycles. The summed E-state index contributed by atoms with van der Waals surface area (Å²) in [6, 6.07) is 109. The van der Waals surface area contributed by atoms with Crippen LogP contribution in [0.4, 0.5) is 22.7 Å². The maximum absolute atomic E-state index is 19.8. The molecule has 22 rings (SSSR count).